The van der Waals surface area contributed by atoms with Gasteiger partial charge in [0.05, 0.1) is 6.61 Å². The van der Waals surface area contributed by atoms with E-state index in [1.807, 2.05) is 0 Å². The van der Waals surface area contributed by atoms with Crippen LogP contribution in [0, 0.1) is 0 Å². The van der Waals surface area contributed by atoms with Crippen LogP contribution in [0.2, 0.25) is 0 Å². The Morgan fingerprint density at radius 3 is 1.84 bits per heavy atom. The number of benzene rings is 3. The fourth-order valence-electron chi connectivity index (χ4n) is 3.69. The number of unbranched alkanes of at least 4 members (excludes halogenated alkanes) is 4. The molecule has 0 bridgehead atoms. The molecule has 0 N–H and O–H groups in total. The van der Waals surface area contributed by atoms with Gasteiger partial charge in [0.2, 0.25) is 0 Å². The largest absolute Gasteiger partial charge is 0.466 e. The summed E-state index contributed by atoms with van der Waals surface area (Å²) in [4.78, 5) is 10.8. The van der Waals surface area contributed by atoms with E-state index in [1.54, 1.807) is 0 Å². The summed E-state index contributed by atoms with van der Waals surface area (Å²) in [7, 11) is -0.554. The number of aryl methyl sites for hydroxylation is 1. The first kappa shape index (κ1) is 25.3. The maximum Gasteiger partial charge on any atom is 0.302 e. The molecule has 0 unspecified atom stereocenters. The summed E-state index contributed by atoms with van der Waals surface area (Å²) >= 11 is 0. The molecule has 4 heteroatoms. The van der Waals surface area contributed by atoms with E-state index in [-0.39, 0.29) is 23.0 Å². The highest BCUT2D eigenvalue weighted by atomic mass is 79.9. The van der Waals surface area contributed by atoms with Crippen molar-refractivity contribution < 1.29 is 9.53 Å². The predicted octanol–water partition coefficient (Wildman–Crippen LogP) is 6.08. The number of halogens is 1. The molecule has 0 fully saturated rings. The molecule has 3 aromatic carbocycles. The van der Waals surface area contributed by atoms with Crippen molar-refractivity contribution in [2.24, 2.45) is 0 Å². The van der Waals surface area contributed by atoms with E-state index >= 15 is 0 Å². The van der Waals surface area contributed by atoms with Gasteiger partial charge in [-0.2, -0.15) is 0 Å². The van der Waals surface area contributed by atoms with E-state index in [9.17, 15) is 4.79 Å². The van der Waals surface area contributed by atoms with E-state index in [1.165, 1.54) is 47.7 Å². The number of hydrogen-bond donors (Lipinski definition) is 0. The van der Waals surface area contributed by atoms with Crippen LogP contribution >= 0.6 is 24.9 Å². The van der Waals surface area contributed by atoms with Crippen LogP contribution in [0.15, 0.2) is 84.9 Å². The Bertz CT molecular complexity index is 860. The Balaban J connectivity index is 0.00000341. The van der Waals surface area contributed by atoms with Crippen molar-refractivity contribution in [2.75, 3.05) is 6.61 Å². The fraction of sp³-hybridized carbons (Fsp3) is 0.296. The van der Waals surface area contributed by atoms with Crippen LogP contribution in [0.3, 0.4) is 0 Å². The van der Waals surface area contributed by atoms with E-state index < -0.39 is 7.92 Å². The van der Waals surface area contributed by atoms with Gasteiger partial charge in [-0.25, -0.2) is 0 Å². The monoisotopic (exact) mass is 498 g/mol. The number of carbonyl (C=O) groups is 1. The zero-order valence-corrected chi connectivity index (χ0v) is 20.8. The average molecular weight is 499 g/mol. The van der Waals surface area contributed by atoms with Gasteiger partial charge in [0.15, 0.2) is 0 Å². The topological polar surface area (TPSA) is 26.3 Å². The van der Waals surface area contributed by atoms with Crippen LogP contribution < -0.4 is 15.9 Å². The fourth-order valence-corrected chi connectivity index (χ4v) is 6.19. The molecule has 3 rings (SSSR count). The second-order valence-corrected chi connectivity index (χ2v) is 9.68. The molecule has 0 atom stereocenters. The van der Waals surface area contributed by atoms with E-state index in [4.69, 9.17) is 4.74 Å². The van der Waals surface area contributed by atoms with Crippen LogP contribution in [0.25, 0.3) is 0 Å². The lowest BCUT2D eigenvalue weighted by Crippen LogP contribution is -2.23. The highest BCUT2D eigenvalue weighted by molar-refractivity contribution is 8.93. The van der Waals surface area contributed by atoms with Crippen LogP contribution in [-0.4, -0.2) is 12.6 Å². The highest BCUT2D eigenvalue weighted by Gasteiger charge is 2.18. The predicted molar refractivity (Wildman–Crippen MR) is 139 cm³/mol. The summed E-state index contributed by atoms with van der Waals surface area (Å²) in [5, 5.41) is 4.27. The van der Waals surface area contributed by atoms with Gasteiger partial charge < -0.3 is 4.74 Å². The van der Waals surface area contributed by atoms with Crippen molar-refractivity contribution in [3.05, 3.63) is 90.5 Å². The Morgan fingerprint density at radius 1 is 0.710 bits per heavy atom. The summed E-state index contributed by atoms with van der Waals surface area (Å²) < 4.78 is 5.01. The third-order valence-electron chi connectivity index (χ3n) is 5.16. The van der Waals surface area contributed by atoms with Gasteiger partial charge in [-0.1, -0.05) is 104 Å². The minimum absolute atomic E-state index is 0. The van der Waals surface area contributed by atoms with Crippen molar-refractivity contribution in [1.29, 1.82) is 0 Å². The zero-order valence-electron chi connectivity index (χ0n) is 18.2. The quantitative estimate of drug-likeness (QED) is 0.182. The van der Waals surface area contributed by atoms with Gasteiger partial charge >= 0.3 is 5.97 Å². The molecule has 0 radical (unpaired) electrons. The number of hydrogen-bond acceptors (Lipinski definition) is 2. The first-order chi connectivity index (χ1) is 14.8. The smallest absolute Gasteiger partial charge is 0.302 e. The van der Waals surface area contributed by atoms with E-state index in [0.717, 1.165) is 19.3 Å². The molecule has 0 amide bonds. The van der Waals surface area contributed by atoms with Crippen molar-refractivity contribution in [1.82, 2.24) is 0 Å². The molecular weight excluding hydrogens is 467 g/mol. The second kappa shape index (κ2) is 14.2. The van der Waals surface area contributed by atoms with Gasteiger partial charge in [-0.3, -0.25) is 4.79 Å². The molecule has 0 saturated carbocycles. The Labute approximate surface area is 198 Å². The maximum absolute atomic E-state index is 10.8. The molecule has 0 aliphatic carbocycles. The van der Waals surface area contributed by atoms with Crippen molar-refractivity contribution in [2.45, 2.75) is 45.4 Å². The van der Waals surface area contributed by atoms with E-state index in [0.29, 0.717) is 6.61 Å². The Hall–Kier alpha value is -1.96. The molecule has 164 valence electrons. The lowest BCUT2D eigenvalue weighted by molar-refractivity contribution is -0.141. The molecular formula is C27H32BrO2P. The van der Waals surface area contributed by atoms with Gasteiger partial charge in [0, 0.05) is 6.92 Å². The van der Waals surface area contributed by atoms with Crippen molar-refractivity contribution in [3.63, 3.8) is 0 Å². The van der Waals surface area contributed by atoms with Gasteiger partial charge in [-0.15, -0.1) is 17.0 Å². The molecule has 0 aliphatic rings. The van der Waals surface area contributed by atoms with Gasteiger partial charge in [-0.05, 0) is 48.7 Å². The minimum atomic E-state index is -0.554. The first-order valence-corrected chi connectivity index (χ1v) is 12.2. The second-order valence-electron chi connectivity index (χ2n) is 7.49. The van der Waals surface area contributed by atoms with Gasteiger partial charge in [0.25, 0.3) is 0 Å². The number of rotatable bonds is 11. The van der Waals surface area contributed by atoms with Crippen LogP contribution in [-0.2, 0) is 16.0 Å². The summed E-state index contributed by atoms with van der Waals surface area (Å²) in [6, 6.07) is 30.8. The number of carbonyl (C=O) groups excluding carboxylic acids is 1. The van der Waals surface area contributed by atoms with E-state index in [2.05, 4.69) is 84.9 Å². The van der Waals surface area contributed by atoms with Crippen LogP contribution in [0.4, 0.5) is 0 Å². The van der Waals surface area contributed by atoms with Gasteiger partial charge in [0.1, 0.15) is 0 Å². The van der Waals surface area contributed by atoms with Crippen molar-refractivity contribution in [3.8, 4) is 0 Å². The lowest BCUT2D eigenvalue weighted by atomic mass is 10.1. The van der Waals surface area contributed by atoms with Crippen LogP contribution in [0.5, 0.6) is 0 Å². The molecule has 2 nitrogen and oxygen atoms in total. The molecule has 0 heterocycles. The number of ether oxygens (including phenoxy) is 1. The third kappa shape index (κ3) is 8.24. The van der Waals surface area contributed by atoms with Crippen LogP contribution in [0.1, 0.15) is 44.6 Å². The summed E-state index contributed by atoms with van der Waals surface area (Å²) in [6.07, 6.45) is 6.79. The maximum atomic E-state index is 10.8. The SMILES string of the molecule is Br.CC(=O)OCCCCCCCc1ccccc1P(c1ccccc1)c1ccccc1. The highest BCUT2D eigenvalue weighted by Crippen LogP contribution is 2.34. The Morgan fingerprint density at radius 2 is 1.23 bits per heavy atom. The molecule has 0 spiro atoms. The average Bonchev–Trinajstić information content (AvgIpc) is 2.78. The molecule has 0 aromatic heterocycles. The minimum Gasteiger partial charge on any atom is -0.466 e. The number of esters is 1. The lowest BCUT2D eigenvalue weighted by Gasteiger charge is -2.22. The summed E-state index contributed by atoms with van der Waals surface area (Å²) in [5.74, 6) is -0.181. The Kier molecular flexibility index (Phi) is 11.6. The first-order valence-electron chi connectivity index (χ1n) is 10.9. The molecule has 0 saturated heterocycles. The normalized spacial score (nSPS) is 10.5. The molecule has 3 aromatic rings. The van der Waals surface area contributed by atoms with Crippen molar-refractivity contribution >= 4 is 46.8 Å². The zero-order chi connectivity index (χ0) is 21.0. The molecule has 0 aliphatic heterocycles. The standard InChI is InChI=1S/C27H31O2P.BrH/c1-23(28)29-22-14-4-2-3-7-15-24-16-12-13-21-27(24)30(25-17-8-5-9-18-25)26-19-10-6-11-20-26;/h5-6,8-13,16-21H,2-4,7,14-15,22H2,1H3;1H. The molecule has 31 heavy (non-hydrogen) atoms. The summed E-state index contributed by atoms with van der Waals surface area (Å²) in [5.41, 5.74) is 1.47. The third-order valence-corrected chi connectivity index (χ3v) is 7.70. The summed E-state index contributed by atoms with van der Waals surface area (Å²) in [6.45, 7) is 2.02.